The highest BCUT2D eigenvalue weighted by atomic mass is 32.2. The monoisotopic (exact) mass is 927 g/mol. The molecule has 1 aliphatic heterocycles. The number of thioether (sulfide) groups is 2. The van der Waals surface area contributed by atoms with Gasteiger partial charge in [-0.1, -0.05) is 78.1 Å². The van der Waals surface area contributed by atoms with Gasteiger partial charge in [-0.2, -0.15) is 4.68 Å². The molecule has 1 atom stereocenters. The van der Waals surface area contributed by atoms with Gasteiger partial charge in [0, 0.05) is 54.6 Å². The van der Waals surface area contributed by atoms with Crippen LogP contribution in [0, 0.1) is 0 Å². The molecule has 0 fully saturated rings. The number of ether oxygens (including phenoxy) is 2. The summed E-state index contributed by atoms with van der Waals surface area (Å²) in [6, 6.07) is 16.8. The molecule has 20 nitrogen and oxygen atoms in total. The van der Waals surface area contributed by atoms with Crippen molar-refractivity contribution in [3.05, 3.63) is 87.7 Å². The minimum absolute atomic E-state index is 0.0587. The fourth-order valence-electron chi connectivity index (χ4n) is 6.06. The van der Waals surface area contributed by atoms with E-state index in [1.54, 1.807) is 40.2 Å². The Kier molecular flexibility index (Phi) is 15.9. The number of carbonyl (C=O) groups excluding carboxylic acids is 2. The second kappa shape index (κ2) is 22.1. The van der Waals surface area contributed by atoms with E-state index in [9.17, 15) is 14.4 Å². The quantitative estimate of drug-likeness (QED) is 0.0253. The summed E-state index contributed by atoms with van der Waals surface area (Å²) in [5.41, 5.74) is 3.08. The number of alkyl carbamates (subject to hydrolysis) is 1. The molecule has 23 heteroatoms. The van der Waals surface area contributed by atoms with Crippen LogP contribution in [0.15, 0.2) is 91.3 Å². The van der Waals surface area contributed by atoms with Gasteiger partial charge in [-0.15, -0.1) is 26.7 Å². The fraction of sp³-hybridized carbons (Fsp3) is 0.390. The Morgan fingerprint density at radius 2 is 1.81 bits per heavy atom. The lowest BCUT2D eigenvalue weighted by molar-refractivity contribution is 0.0529. The molecule has 4 aromatic heterocycles. The van der Waals surface area contributed by atoms with Crippen LogP contribution >= 0.6 is 34.9 Å². The molecule has 2 amide bonds. The van der Waals surface area contributed by atoms with Crippen LogP contribution in [-0.2, 0) is 16.0 Å². The van der Waals surface area contributed by atoms with E-state index in [2.05, 4.69) is 68.8 Å². The van der Waals surface area contributed by atoms with Crippen LogP contribution in [0.1, 0.15) is 50.0 Å². The largest absolute Gasteiger partial charge is 0.444 e. The van der Waals surface area contributed by atoms with Crippen molar-refractivity contribution in [3.8, 4) is 11.3 Å². The molecule has 0 saturated heterocycles. The minimum Gasteiger partial charge on any atom is -0.444 e. The lowest BCUT2D eigenvalue weighted by atomic mass is 10.1. The number of rotatable bonds is 20. The summed E-state index contributed by atoms with van der Waals surface area (Å²) in [7, 11) is 0. The van der Waals surface area contributed by atoms with Crippen molar-refractivity contribution in [1.82, 2.24) is 55.7 Å². The third kappa shape index (κ3) is 12.6. The fourth-order valence-corrected chi connectivity index (χ4v) is 8.20. The Morgan fingerprint density at radius 3 is 2.58 bits per heavy atom. The molecule has 5 heterocycles. The Bertz CT molecular complexity index is 2610. The number of nitrogens with one attached hydrogen (secondary N) is 5. The van der Waals surface area contributed by atoms with Crippen molar-refractivity contribution in [1.29, 1.82) is 0 Å². The average molecular weight is 928 g/mol. The first-order valence-electron chi connectivity index (χ1n) is 20.6. The Hall–Kier alpha value is -6.01. The van der Waals surface area contributed by atoms with E-state index < -0.39 is 11.7 Å². The van der Waals surface area contributed by atoms with Gasteiger partial charge in [0.15, 0.2) is 33.0 Å². The lowest BCUT2D eigenvalue weighted by Crippen LogP contribution is -2.35. The predicted molar refractivity (Wildman–Crippen MR) is 249 cm³/mol. The van der Waals surface area contributed by atoms with Crippen LogP contribution in [0.3, 0.4) is 0 Å². The van der Waals surface area contributed by atoms with Crippen LogP contribution < -0.4 is 26.8 Å². The number of aliphatic imine (C=N–C) groups is 1. The lowest BCUT2D eigenvalue weighted by Gasteiger charge is -2.19. The maximum atomic E-state index is 13.5. The zero-order valence-corrected chi connectivity index (χ0v) is 38.2. The molecule has 0 bridgehead atoms. The van der Waals surface area contributed by atoms with Gasteiger partial charge in [0.25, 0.3) is 5.91 Å². The summed E-state index contributed by atoms with van der Waals surface area (Å²) in [4.78, 5) is 56.6. The molecule has 0 radical (unpaired) electrons. The van der Waals surface area contributed by atoms with E-state index in [1.165, 1.54) is 27.8 Å². The van der Waals surface area contributed by atoms with Gasteiger partial charge in [0.2, 0.25) is 5.13 Å². The molecule has 1 unspecified atom stereocenters. The zero-order valence-electron chi connectivity index (χ0n) is 35.7. The number of aromatic nitrogens is 8. The van der Waals surface area contributed by atoms with E-state index in [4.69, 9.17) is 14.5 Å². The molecule has 5 N–H and O–H groups in total. The number of aromatic amines is 1. The van der Waals surface area contributed by atoms with Crippen molar-refractivity contribution < 1.29 is 19.1 Å². The second-order valence-corrected chi connectivity index (χ2v) is 18.2. The van der Waals surface area contributed by atoms with Crippen molar-refractivity contribution >= 4 is 79.8 Å². The second-order valence-electron chi connectivity index (χ2n) is 15.1. The minimum atomic E-state index is -0.586. The number of hydrogen-bond donors (Lipinski definition) is 5. The van der Waals surface area contributed by atoms with Crippen molar-refractivity contribution in [2.45, 2.75) is 56.8 Å². The van der Waals surface area contributed by atoms with Crippen molar-refractivity contribution in [2.75, 3.05) is 57.0 Å². The van der Waals surface area contributed by atoms with Crippen LogP contribution in [-0.4, -0.2) is 120 Å². The van der Waals surface area contributed by atoms with E-state index >= 15 is 0 Å². The van der Waals surface area contributed by atoms with Gasteiger partial charge in [-0.3, -0.25) is 19.7 Å². The smallest absolute Gasteiger partial charge is 0.407 e. The van der Waals surface area contributed by atoms with Gasteiger partial charge in [-0.25, -0.2) is 24.4 Å². The SMILES string of the molecule is CCCSc1nc(NCCNC(=O)OC(C)(C)C)c2nnn(Cc3ccc(C(=O)NCCOCCNC4CN=C(n5[nH]c(-c6ccccc6)c(N=Nc6nccs6)c5=O)S4)cc3)c2n1. The summed E-state index contributed by atoms with van der Waals surface area (Å²) < 4.78 is 14.2. The Morgan fingerprint density at radius 1 is 1.00 bits per heavy atom. The molecule has 2 aromatic carbocycles. The van der Waals surface area contributed by atoms with Crippen molar-refractivity contribution in [2.24, 2.45) is 15.2 Å². The molecule has 1 aliphatic rings. The molecule has 0 saturated carbocycles. The first kappa shape index (κ1) is 46.0. The first-order valence-corrected chi connectivity index (χ1v) is 23.4. The molecule has 0 aliphatic carbocycles. The number of thiazole rings is 1. The summed E-state index contributed by atoms with van der Waals surface area (Å²) in [5.74, 6) is 1.16. The Labute approximate surface area is 380 Å². The van der Waals surface area contributed by atoms with Crippen molar-refractivity contribution in [3.63, 3.8) is 0 Å². The topological polar surface area (TPSA) is 245 Å². The molecule has 64 heavy (non-hydrogen) atoms. The summed E-state index contributed by atoms with van der Waals surface area (Å²) in [6.45, 7) is 10.7. The number of H-pyrrole nitrogens is 1. The maximum absolute atomic E-state index is 13.5. The molecular weight excluding hydrogens is 879 g/mol. The van der Waals surface area contributed by atoms with Gasteiger partial charge >= 0.3 is 11.7 Å². The first-order chi connectivity index (χ1) is 31.0. The number of anilines is 1. The standard InChI is InChI=1S/C41H49N15O5S3/c1-5-22-62-38-48-33(43-15-16-46-40(59)61-41(2,3)4)32-34(49-38)55(54-51-32)25-26-11-13-28(14-12-26)35(57)44-18-21-60-20-17-42-29-24-47-39(64-29)56-36(58)31(50-52-37-45-19-23-63-37)30(53-56)27-9-7-6-8-10-27/h6-14,19,23,29,42,53H,5,15-18,20-22,24-25H2,1-4H3,(H,44,57)(H,46,59)(H,43,48,49). The average Bonchev–Trinajstić information content (AvgIpc) is 4.11. The number of carbonyl (C=O) groups is 2. The van der Waals surface area contributed by atoms with Gasteiger partial charge in [0.05, 0.1) is 37.4 Å². The predicted octanol–water partition coefficient (Wildman–Crippen LogP) is 6.05. The third-order valence-electron chi connectivity index (χ3n) is 8.98. The van der Waals surface area contributed by atoms with Crippen LogP contribution in [0.4, 0.5) is 21.4 Å². The normalized spacial score (nSPS) is 14.0. The highest BCUT2D eigenvalue weighted by Gasteiger charge is 2.26. The summed E-state index contributed by atoms with van der Waals surface area (Å²) in [6.07, 6.45) is 2.10. The highest BCUT2D eigenvalue weighted by molar-refractivity contribution is 8.14. The Balaban J connectivity index is 0.838. The number of nitrogens with zero attached hydrogens (tertiary/aromatic N) is 10. The van der Waals surface area contributed by atoms with Crippen LogP contribution in [0.25, 0.3) is 22.4 Å². The van der Waals surface area contributed by atoms with Crippen LogP contribution in [0.2, 0.25) is 0 Å². The third-order valence-corrected chi connectivity index (χ3v) is 11.8. The zero-order chi connectivity index (χ0) is 44.9. The number of hydrogen-bond acceptors (Lipinski definition) is 18. The number of amides is 2. The number of azo groups is 1. The number of benzene rings is 2. The van der Waals surface area contributed by atoms with E-state index in [0.717, 1.165) is 23.3 Å². The van der Waals surface area contributed by atoms with E-state index in [0.29, 0.717) is 96.2 Å². The number of fused-ring (bicyclic) bond motifs is 1. The van der Waals surface area contributed by atoms with Crippen LogP contribution in [0.5, 0.6) is 0 Å². The highest BCUT2D eigenvalue weighted by Crippen LogP contribution is 2.30. The molecule has 6 aromatic rings. The molecule has 0 spiro atoms. The summed E-state index contributed by atoms with van der Waals surface area (Å²) >= 11 is 4.31. The van der Waals surface area contributed by atoms with Gasteiger partial charge < -0.3 is 30.7 Å². The molecule has 336 valence electrons. The molecule has 7 rings (SSSR count). The van der Waals surface area contributed by atoms with Gasteiger partial charge in [0.1, 0.15) is 5.60 Å². The summed E-state index contributed by atoms with van der Waals surface area (Å²) in [5, 5.41) is 35.9. The molecular formula is C41H49N15O5S3. The van der Waals surface area contributed by atoms with E-state index in [-0.39, 0.29) is 22.5 Å². The van der Waals surface area contributed by atoms with E-state index in [1.807, 2.05) is 63.2 Å². The maximum Gasteiger partial charge on any atom is 0.407 e. The van der Waals surface area contributed by atoms with Gasteiger partial charge in [-0.05, 0) is 44.9 Å².